The highest BCUT2D eigenvalue weighted by Crippen LogP contribution is 2.20. The number of hydrogen-bond donors (Lipinski definition) is 1. The molecule has 90 valence electrons. The van der Waals surface area contributed by atoms with Crippen LogP contribution >= 0.6 is 7.80 Å². The van der Waals surface area contributed by atoms with Crippen LogP contribution in [0.15, 0.2) is 30.3 Å². The first-order chi connectivity index (χ1) is 7.83. The summed E-state index contributed by atoms with van der Waals surface area (Å²) in [6, 6.07) is 10.3. The lowest BCUT2D eigenvalue weighted by Crippen LogP contribution is -2.15. The van der Waals surface area contributed by atoms with Crippen molar-refractivity contribution in [1.29, 1.82) is 0 Å². The van der Waals surface area contributed by atoms with Crippen molar-refractivity contribution in [1.82, 2.24) is 5.32 Å². The lowest BCUT2D eigenvalue weighted by molar-refractivity contribution is 0.251. The zero-order valence-electron chi connectivity index (χ0n) is 9.74. The molecule has 0 aliphatic heterocycles. The van der Waals surface area contributed by atoms with Gasteiger partial charge in [0.2, 0.25) is 0 Å². The molecule has 1 N–H and O–H groups in total. The summed E-state index contributed by atoms with van der Waals surface area (Å²) in [5.41, 5.74) is 1.28. The van der Waals surface area contributed by atoms with E-state index in [9.17, 15) is 4.57 Å². The van der Waals surface area contributed by atoms with Gasteiger partial charge in [-0.2, -0.15) is 0 Å². The molecular weight excluding hydrogens is 221 g/mol. The van der Waals surface area contributed by atoms with Crippen LogP contribution in [0.3, 0.4) is 0 Å². The Morgan fingerprint density at radius 1 is 1.31 bits per heavy atom. The smallest absolute Gasteiger partial charge is 0.101 e. The zero-order valence-corrected chi connectivity index (χ0v) is 10.7. The first-order valence-electron chi connectivity index (χ1n) is 5.58. The van der Waals surface area contributed by atoms with Gasteiger partial charge in [-0.05, 0) is 18.5 Å². The summed E-state index contributed by atoms with van der Waals surface area (Å²) in [4.78, 5) is 0. The maximum absolute atomic E-state index is 11.3. The second-order valence-electron chi connectivity index (χ2n) is 3.74. The summed E-state index contributed by atoms with van der Waals surface area (Å²) in [5.74, 6) is 0. The van der Waals surface area contributed by atoms with Crippen molar-refractivity contribution in [2.75, 3.05) is 26.2 Å². The first-order valence-corrected chi connectivity index (χ1v) is 7.40. The van der Waals surface area contributed by atoms with E-state index in [1.54, 1.807) is 7.11 Å². The molecule has 1 aromatic rings. The molecule has 0 saturated heterocycles. The molecule has 1 unspecified atom stereocenters. The molecule has 0 aliphatic rings. The average molecular weight is 241 g/mol. The third-order valence-electron chi connectivity index (χ3n) is 2.29. The second-order valence-corrected chi connectivity index (χ2v) is 5.60. The van der Waals surface area contributed by atoms with Gasteiger partial charge >= 0.3 is 0 Å². The summed E-state index contributed by atoms with van der Waals surface area (Å²) in [7, 11) is 0.0962. The van der Waals surface area contributed by atoms with Gasteiger partial charge in [0, 0.05) is 19.8 Å². The molecule has 1 atom stereocenters. The second kappa shape index (κ2) is 8.51. The van der Waals surface area contributed by atoms with E-state index < -0.39 is 7.80 Å². The van der Waals surface area contributed by atoms with Crippen molar-refractivity contribution in [3.63, 3.8) is 0 Å². The fourth-order valence-corrected chi connectivity index (χ4v) is 2.51. The Labute approximate surface area is 98.0 Å². The molecular formula is C12H20NO2P. The van der Waals surface area contributed by atoms with Gasteiger partial charge in [0.15, 0.2) is 0 Å². The molecule has 0 aliphatic carbocycles. The van der Waals surface area contributed by atoms with Crippen molar-refractivity contribution in [2.45, 2.75) is 13.0 Å². The number of hydrogen-bond acceptors (Lipinski definition) is 3. The van der Waals surface area contributed by atoms with E-state index in [2.05, 4.69) is 17.4 Å². The summed E-state index contributed by atoms with van der Waals surface area (Å²) in [6.07, 6.45) is 2.15. The lowest BCUT2D eigenvalue weighted by atomic mass is 10.2. The third-order valence-corrected chi connectivity index (χ3v) is 3.81. The van der Waals surface area contributed by atoms with E-state index in [0.29, 0.717) is 6.35 Å². The van der Waals surface area contributed by atoms with Crippen LogP contribution in [0.5, 0.6) is 0 Å². The van der Waals surface area contributed by atoms with Crippen molar-refractivity contribution >= 4 is 7.80 Å². The first kappa shape index (κ1) is 13.4. The van der Waals surface area contributed by atoms with Crippen molar-refractivity contribution in [2.24, 2.45) is 0 Å². The van der Waals surface area contributed by atoms with Gasteiger partial charge in [0.1, 0.15) is 7.80 Å². The number of nitrogens with one attached hydrogen (secondary N) is 1. The van der Waals surface area contributed by atoms with Gasteiger partial charge in [0.05, 0.1) is 6.35 Å². The number of benzene rings is 1. The van der Waals surface area contributed by atoms with E-state index >= 15 is 0 Å². The fraction of sp³-hybridized carbons (Fsp3) is 0.500. The van der Waals surface area contributed by atoms with Crippen LogP contribution in [0.25, 0.3) is 0 Å². The predicted octanol–water partition coefficient (Wildman–Crippen LogP) is 2.33. The Morgan fingerprint density at radius 2 is 2.06 bits per heavy atom. The van der Waals surface area contributed by atoms with Crippen LogP contribution in [0.1, 0.15) is 12.0 Å². The van der Waals surface area contributed by atoms with Gasteiger partial charge in [-0.3, -0.25) is 0 Å². The molecule has 0 heterocycles. The Bertz CT molecular complexity index is 303. The minimum atomic E-state index is -1.50. The van der Waals surface area contributed by atoms with E-state index in [4.69, 9.17) is 4.74 Å². The number of ether oxygens (including phenoxy) is 1. The van der Waals surface area contributed by atoms with Crippen molar-refractivity contribution < 1.29 is 9.30 Å². The molecule has 4 heteroatoms. The highest BCUT2D eigenvalue weighted by atomic mass is 31.1. The maximum atomic E-state index is 11.3. The van der Waals surface area contributed by atoms with Crippen LogP contribution in [0.2, 0.25) is 0 Å². The third kappa shape index (κ3) is 6.06. The summed E-state index contributed by atoms with van der Waals surface area (Å²) >= 11 is 0. The van der Waals surface area contributed by atoms with Gasteiger partial charge in [-0.15, -0.1) is 0 Å². The van der Waals surface area contributed by atoms with Gasteiger partial charge in [0.25, 0.3) is 0 Å². The lowest BCUT2D eigenvalue weighted by Gasteiger charge is -2.04. The Kier molecular flexibility index (Phi) is 7.15. The van der Waals surface area contributed by atoms with Gasteiger partial charge in [-0.25, -0.2) is 0 Å². The summed E-state index contributed by atoms with van der Waals surface area (Å²) < 4.78 is 16.2. The van der Waals surface area contributed by atoms with E-state index in [1.165, 1.54) is 5.56 Å². The zero-order chi connectivity index (χ0) is 11.6. The largest absolute Gasteiger partial charge is 0.377 e. The van der Waals surface area contributed by atoms with Crippen LogP contribution < -0.4 is 5.32 Å². The summed E-state index contributed by atoms with van der Waals surface area (Å²) in [6.45, 7) is 1.79. The summed E-state index contributed by atoms with van der Waals surface area (Å²) in [5, 5.41) is 3.34. The minimum Gasteiger partial charge on any atom is -0.377 e. The fourth-order valence-electron chi connectivity index (χ4n) is 1.47. The van der Waals surface area contributed by atoms with Crippen molar-refractivity contribution in [3.05, 3.63) is 35.9 Å². The van der Waals surface area contributed by atoms with Crippen molar-refractivity contribution in [3.8, 4) is 0 Å². The molecule has 0 radical (unpaired) electrons. The minimum absolute atomic E-state index is 0.420. The average Bonchev–Trinajstić information content (AvgIpc) is 2.30. The van der Waals surface area contributed by atoms with E-state index in [1.807, 2.05) is 18.2 Å². The molecule has 0 saturated carbocycles. The molecule has 3 nitrogen and oxygen atoms in total. The highest BCUT2D eigenvalue weighted by Gasteiger charge is 1.98. The Morgan fingerprint density at radius 3 is 2.75 bits per heavy atom. The van der Waals surface area contributed by atoms with Crippen LogP contribution in [-0.2, 0) is 15.8 Å². The van der Waals surface area contributed by atoms with Gasteiger partial charge in [-0.1, -0.05) is 30.3 Å². The maximum Gasteiger partial charge on any atom is 0.101 e. The van der Waals surface area contributed by atoms with Crippen LogP contribution in [0, 0.1) is 0 Å². The highest BCUT2D eigenvalue weighted by molar-refractivity contribution is 7.44. The van der Waals surface area contributed by atoms with E-state index in [-0.39, 0.29) is 0 Å². The molecule has 0 bridgehead atoms. The predicted molar refractivity (Wildman–Crippen MR) is 68.5 cm³/mol. The SMILES string of the molecule is COC[PH](=O)CCCNCc1ccccc1. The molecule has 1 rings (SSSR count). The quantitative estimate of drug-likeness (QED) is 0.560. The molecule has 0 spiro atoms. The van der Waals surface area contributed by atoms with Crippen LogP contribution in [-0.4, -0.2) is 26.2 Å². The molecule has 0 fully saturated rings. The van der Waals surface area contributed by atoms with Gasteiger partial charge < -0.3 is 14.6 Å². The van der Waals surface area contributed by atoms with Crippen LogP contribution in [0.4, 0.5) is 0 Å². The molecule has 16 heavy (non-hydrogen) atoms. The molecule has 0 aromatic heterocycles. The number of rotatable bonds is 8. The number of methoxy groups -OCH3 is 1. The molecule has 0 amide bonds. The molecule has 1 aromatic carbocycles. The Hall–Kier alpha value is -0.630. The standard InChI is InChI=1S/C12H20NO2P/c1-15-11-16(14)9-5-8-13-10-12-6-3-2-4-7-12/h2-4,6-7,13,16H,5,8-11H2,1H3. The Balaban J connectivity index is 2.02. The van der Waals surface area contributed by atoms with E-state index in [0.717, 1.165) is 25.7 Å². The topological polar surface area (TPSA) is 38.3 Å². The normalized spacial score (nSPS) is 12.6. The monoisotopic (exact) mass is 241 g/mol.